The fraction of sp³-hybridized carbons (Fsp3) is 0.583. The summed E-state index contributed by atoms with van der Waals surface area (Å²) in [4.78, 5) is 28.5. The Morgan fingerprint density at radius 3 is 0.667 bits per heavy atom. The molecule has 3 aliphatic carbocycles. The van der Waals surface area contributed by atoms with E-state index in [9.17, 15) is 29.7 Å². The molecule has 0 spiro atoms. The molecule has 9 heteroatoms. The molecule has 0 heterocycles. The van der Waals surface area contributed by atoms with E-state index in [-0.39, 0.29) is 84.4 Å². The maximum atomic E-state index is 9.49. The normalized spacial score (nSPS) is 13.7. The first-order valence-corrected chi connectivity index (χ1v) is 15.1. The van der Waals surface area contributed by atoms with Crippen LogP contribution in [0.5, 0.6) is 0 Å². The average molecular weight is 729 g/mol. The topological polar surface area (TPSA) is 120 Å². The summed E-state index contributed by atoms with van der Waals surface area (Å²) in [6, 6.07) is 0. The molecular formula is C36H57O6Ti3-3. The van der Waals surface area contributed by atoms with Crippen molar-refractivity contribution >= 4 is 17.9 Å². The van der Waals surface area contributed by atoms with Crippen molar-refractivity contribution in [1.29, 1.82) is 0 Å². The minimum Gasteiger partial charge on any atom is -0.550 e. The van der Waals surface area contributed by atoms with E-state index < -0.39 is 17.9 Å². The van der Waals surface area contributed by atoms with Gasteiger partial charge in [0.05, 0.1) is 0 Å². The SMILES string of the molecule is CC1=CCC(C)=C1C.CC1=CCC(C)=C1C.CC1=CCC(C)=C1C.CCCC(=O)[O-].CCCC(=O)[O-].CCCC(=O)[O-].[Ti].[Ti].[Ti]. The fourth-order valence-electron chi connectivity index (χ4n) is 3.46. The van der Waals surface area contributed by atoms with Crippen molar-refractivity contribution < 1.29 is 94.9 Å². The number of hydrogen-bond donors (Lipinski definition) is 0. The zero-order valence-corrected chi connectivity index (χ0v) is 34.7. The van der Waals surface area contributed by atoms with Crippen molar-refractivity contribution in [3.8, 4) is 0 Å². The van der Waals surface area contributed by atoms with Gasteiger partial charge in [-0.2, -0.15) is 0 Å². The molecule has 0 unspecified atom stereocenters. The van der Waals surface area contributed by atoms with Gasteiger partial charge >= 0.3 is 0 Å². The van der Waals surface area contributed by atoms with Crippen LogP contribution >= 0.6 is 0 Å². The van der Waals surface area contributed by atoms with Crippen LogP contribution in [0.15, 0.2) is 68.4 Å². The molecule has 0 radical (unpaired) electrons. The molecule has 252 valence electrons. The van der Waals surface area contributed by atoms with Crippen LogP contribution in [-0.2, 0) is 79.5 Å². The molecular weight excluding hydrogens is 672 g/mol. The van der Waals surface area contributed by atoms with Gasteiger partial charge in [0.15, 0.2) is 0 Å². The van der Waals surface area contributed by atoms with Gasteiger partial charge in [-0.15, -0.1) is 0 Å². The van der Waals surface area contributed by atoms with E-state index in [1.54, 1.807) is 20.8 Å². The molecule has 0 aromatic heterocycles. The molecule has 0 saturated heterocycles. The Hall–Kier alpha value is -1.01. The minimum absolute atomic E-state index is 0. The van der Waals surface area contributed by atoms with Crippen LogP contribution in [0.3, 0.4) is 0 Å². The third-order valence-corrected chi connectivity index (χ3v) is 7.20. The molecule has 0 aromatic rings. The first-order chi connectivity index (χ1) is 19.5. The van der Waals surface area contributed by atoms with Crippen LogP contribution in [0.25, 0.3) is 0 Å². The van der Waals surface area contributed by atoms with Gasteiger partial charge in [0.25, 0.3) is 0 Å². The quantitative estimate of drug-likeness (QED) is 0.284. The largest absolute Gasteiger partial charge is 0.550 e. The zero-order valence-electron chi connectivity index (χ0n) is 30.0. The van der Waals surface area contributed by atoms with Crippen molar-refractivity contribution in [1.82, 2.24) is 0 Å². The molecule has 45 heavy (non-hydrogen) atoms. The van der Waals surface area contributed by atoms with E-state index in [2.05, 4.69) is 80.5 Å². The standard InChI is InChI=1S/3C8H12.3C4H8O2.3Ti/c3*1-6-4-5-7(2)8(6)3;3*1-2-3-4(5)6;;;/h3*4H,5H2,1-3H3;3*2-3H2,1H3,(H,5,6);;;/p-3. The average Bonchev–Trinajstić information content (AvgIpc) is 3.48. The molecule has 3 aliphatic rings. The molecule has 3 rings (SSSR count). The number of carbonyl (C=O) groups is 3. The van der Waals surface area contributed by atoms with Gasteiger partial charge in [0, 0.05) is 83.1 Å². The predicted molar refractivity (Wildman–Crippen MR) is 170 cm³/mol. The molecule has 6 nitrogen and oxygen atoms in total. The van der Waals surface area contributed by atoms with Gasteiger partial charge < -0.3 is 29.7 Å². The van der Waals surface area contributed by atoms with Crippen LogP contribution in [0.2, 0.25) is 0 Å². The molecule has 0 N–H and O–H groups in total. The Labute approximate surface area is 319 Å². The number of allylic oxidation sites excluding steroid dienone is 12. The second-order valence-electron chi connectivity index (χ2n) is 10.9. The summed E-state index contributed by atoms with van der Waals surface area (Å²) >= 11 is 0. The third kappa shape index (κ3) is 32.7. The number of carbonyl (C=O) groups excluding carboxylic acids is 3. The van der Waals surface area contributed by atoms with Crippen molar-refractivity contribution in [3.05, 3.63) is 68.4 Å². The zero-order chi connectivity index (χ0) is 33.4. The third-order valence-electron chi connectivity index (χ3n) is 7.20. The van der Waals surface area contributed by atoms with E-state index in [4.69, 9.17) is 0 Å². The number of hydrogen-bond acceptors (Lipinski definition) is 6. The van der Waals surface area contributed by atoms with Crippen molar-refractivity contribution in [3.63, 3.8) is 0 Å². The molecule has 0 bridgehead atoms. The van der Waals surface area contributed by atoms with E-state index >= 15 is 0 Å². The van der Waals surface area contributed by atoms with Gasteiger partial charge in [-0.25, -0.2) is 0 Å². The second kappa shape index (κ2) is 34.3. The Morgan fingerprint density at radius 1 is 0.467 bits per heavy atom. The first-order valence-electron chi connectivity index (χ1n) is 15.1. The smallest absolute Gasteiger partial charge is 0.0414 e. The summed E-state index contributed by atoms with van der Waals surface area (Å²) in [6.45, 7) is 25.1. The number of aliphatic carboxylic acids is 3. The van der Waals surface area contributed by atoms with Crippen LogP contribution in [0.4, 0.5) is 0 Å². The summed E-state index contributed by atoms with van der Waals surface area (Å²) in [6.07, 6.45) is 12.9. The summed E-state index contributed by atoms with van der Waals surface area (Å²) in [7, 11) is 0. The molecule has 0 fully saturated rings. The van der Waals surface area contributed by atoms with Crippen LogP contribution in [0, 0.1) is 0 Å². The maximum absolute atomic E-state index is 9.49. The summed E-state index contributed by atoms with van der Waals surface area (Å²) in [5, 5.41) is 28.5. The van der Waals surface area contributed by atoms with Crippen LogP contribution in [0.1, 0.15) is 141 Å². The number of carboxylic acids is 3. The Kier molecular flexibility index (Phi) is 43.0. The van der Waals surface area contributed by atoms with E-state index in [0.717, 1.165) is 0 Å². The first kappa shape index (κ1) is 56.3. The second-order valence-corrected chi connectivity index (χ2v) is 10.9. The predicted octanol–water partition coefficient (Wildman–Crippen LogP) is 6.62. The van der Waals surface area contributed by atoms with Gasteiger partial charge in [0.1, 0.15) is 0 Å². The fourth-order valence-corrected chi connectivity index (χ4v) is 3.46. The number of carboxylic acid groups (broad SMARTS) is 3. The van der Waals surface area contributed by atoms with E-state index in [1.165, 1.54) is 69.4 Å². The van der Waals surface area contributed by atoms with Crippen LogP contribution < -0.4 is 15.3 Å². The molecule has 0 atom stereocenters. The molecule has 0 amide bonds. The van der Waals surface area contributed by atoms with Gasteiger partial charge in [-0.1, -0.05) is 91.7 Å². The summed E-state index contributed by atoms with van der Waals surface area (Å²) in [5.41, 5.74) is 13.4. The van der Waals surface area contributed by atoms with E-state index in [1.807, 2.05) is 0 Å². The summed E-state index contributed by atoms with van der Waals surface area (Å²) < 4.78 is 0. The summed E-state index contributed by atoms with van der Waals surface area (Å²) in [5.74, 6) is -2.88. The van der Waals surface area contributed by atoms with Gasteiger partial charge in [-0.3, -0.25) is 0 Å². The monoisotopic (exact) mass is 729 g/mol. The van der Waals surface area contributed by atoms with Gasteiger partial charge in [-0.05, 0) is 118 Å². The maximum Gasteiger partial charge on any atom is 0.0414 e. The van der Waals surface area contributed by atoms with Crippen molar-refractivity contribution in [2.45, 2.75) is 141 Å². The number of rotatable bonds is 6. The van der Waals surface area contributed by atoms with Crippen molar-refractivity contribution in [2.24, 2.45) is 0 Å². The van der Waals surface area contributed by atoms with Crippen LogP contribution in [-0.4, -0.2) is 17.9 Å². The molecule has 0 aromatic carbocycles. The van der Waals surface area contributed by atoms with E-state index in [0.29, 0.717) is 19.3 Å². The van der Waals surface area contributed by atoms with Gasteiger partial charge in [0.2, 0.25) is 0 Å². The Balaban J connectivity index is -0.000000101. The Morgan fingerprint density at radius 2 is 0.644 bits per heavy atom. The van der Waals surface area contributed by atoms with Crippen molar-refractivity contribution in [2.75, 3.05) is 0 Å². The molecule has 0 saturated carbocycles. The molecule has 0 aliphatic heterocycles. The minimum atomic E-state index is -0.961. The Bertz CT molecular complexity index is 911.